The second-order valence-corrected chi connectivity index (χ2v) is 3.54. The number of amidine groups is 1. The van der Waals surface area contributed by atoms with E-state index in [-0.39, 0.29) is 11.9 Å². The Bertz CT molecular complexity index is 350. The molecule has 0 aliphatic rings. The molecule has 1 aromatic carbocycles. The van der Waals surface area contributed by atoms with Crippen molar-refractivity contribution in [1.29, 1.82) is 0 Å². The van der Waals surface area contributed by atoms with E-state index in [4.69, 9.17) is 15.7 Å². The molecule has 0 aromatic heterocycles. The Morgan fingerprint density at radius 2 is 2.33 bits per heavy atom. The van der Waals surface area contributed by atoms with Gasteiger partial charge < -0.3 is 15.7 Å². The Morgan fingerprint density at radius 3 is 2.93 bits per heavy atom. The van der Waals surface area contributed by atoms with Crippen LogP contribution in [-0.2, 0) is 0 Å². The Kier molecular flexibility index (Phi) is 3.97. The van der Waals surface area contributed by atoms with E-state index >= 15 is 0 Å². The fourth-order valence-corrected chi connectivity index (χ4v) is 1.30. The highest BCUT2D eigenvalue weighted by Crippen LogP contribution is 2.15. The number of ether oxygens (including phenoxy) is 1. The maximum Gasteiger partial charge on any atom is 0.142 e. The number of nitrogens with zero attached hydrogens (tertiary/aromatic N) is 1. The summed E-state index contributed by atoms with van der Waals surface area (Å²) in [5, 5.41) is 11.3. The van der Waals surface area contributed by atoms with Gasteiger partial charge in [0.2, 0.25) is 0 Å². The predicted molar refractivity (Wildman–Crippen MR) is 59.3 cm³/mol. The minimum atomic E-state index is -0.109. The second kappa shape index (κ2) is 5.24. The number of oxime groups is 1. The van der Waals surface area contributed by atoms with E-state index in [0.717, 1.165) is 11.3 Å². The van der Waals surface area contributed by atoms with Crippen LogP contribution in [0.2, 0.25) is 0 Å². The van der Waals surface area contributed by atoms with Crippen molar-refractivity contribution in [2.45, 2.75) is 26.4 Å². The van der Waals surface area contributed by atoms with Crippen molar-refractivity contribution in [2.24, 2.45) is 10.9 Å². The van der Waals surface area contributed by atoms with Crippen LogP contribution in [-0.4, -0.2) is 17.1 Å². The molecule has 0 amide bonds. The van der Waals surface area contributed by atoms with E-state index in [2.05, 4.69) is 5.16 Å². The van der Waals surface area contributed by atoms with E-state index < -0.39 is 0 Å². The fourth-order valence-electron chi connectivity index (χ4n) is 1.30. The SMILES string of the molecule is Cc1cccc(OC(C)CC(N)=NO)c1. The topological polar surface area (TPSA) is 67.8 Å². The normalized spacial score (nSPS) is 13.6. The third-order valence-corrected chi connectivity index (χ3v) is 1.95. The molecule has 82 valence electrons. The molecule has 3 N–H and O–H groups in total. The highest BCUT2D eigenvalue weighted by molar-refractivity contribution is 5.80. The molecule has 0 saturated heterocycles. The van der Waals surface area contributed by atoms with Crippen LogP contribution in [0.15, 0.2) is 29.4 Å². The van der Waals surface area contributed by atoms with E-state index in [0.29, 0.717) is 6.42 Å². The molecule has 0 aliphatic carbocycles. The van der Waals surface area contributed by atoms with E-state index in [1.54, 1.807) is 0 Å². The summed E-state index contributed by atoms with van der Waals surface area (Å²) in [6.45, 7) is 3.88. The minimum Gasteiger partial charge on any atom is -0.490 e. The number of nitrogens with two attached hydrogens (primary N) is 1. The van der Waals surface area contributed by atoms with Crippen LogP contribution in [0, 0.1) is 6.92 Å². The summed E-state index contributed by atoms with van der Waals surface area (Å²) < 4.78 is 5.60. The summed E-state index contributed by atoms with van der Waals surface area (Å²) >= 11 is 0. The quantitative estimate of drug-likeness (QED) is 0.343. The van der Waals surface area contributed by atoms with Crippen LogP contribution in [0.3, 0.4) is 0 Å². The number of hydrogen-bond acceptors (Lipinski definition) is 3. The van der Waals surface area contributed by atoms with Crippen molar-refractivity contribution in [3.05, 3.63) is 29.8 Å². The van der Waals surface area contributed by atoms with E-state index in [9.17, 15) is 0 Å². The molecular formula is C11H16N2O2. The second-order valence-electron chi connectivity index (χ2n) is 3.54. The molecule has 15 heavy (non-hydrogen) atoms. The summed E-state index contributed by atoms with van der Waals surface area (Å²) in [5.74, 6) is 0.975. The van der Waals surface area contributed by atoms with Gasteiger partial charge in [-0.25, -0.2) is 0 Å². The summed E-state index contributed by atoms with van der Waals surface area (Å²) in [4.78, 5) is 0. The minimum absolute atomic E-state index is 0.109. The summed E-state index contributed by atoms with van der Waals surface area (Å²) in [7, 11) is 0. The Balaban J connectivity index is 2.55. The van der Waals surface area contributed by atoms with Gasteiger partial charge in [0.15, 0.2) is 0 Å². The molecule has 4 nitrogen and oxygen atoms in total. The van der Waals surface area contributed by atoms with Gasteiger partial charge in [-0.05, 0) is 31.5 Å². The number of hydrogen-bond donors (Lipinski definition) is 2. The summed E-state index contributed by atoms with van der Waals surface area (Å²) in [6, 6.07) is 7.76. The standard InChI is InChI=1S/C11H16N2O2/c1-8-4-3-5-10(6-8)15-9(2)7-11(12)13-14/h3-6,9,14H,7H2,1-2H3,(H2,12,13). The van der Waals surface area contributed by atoms with E-state index in [1.807, 2.05) is 38.1 Å². The van der Waals surface area contributed by atoms with Crippen LogP contribution < -0.4 is 10.5 Å². The van der Waals surface area contributed by atoms with Gasteiger partial charge in [-0.2, -0.15) is 0 Å². The van der Waals surface area contributed by atoms with Gasteiger partial charge in [-0.1, -0.05) is 17.3 Å². The Hall–Kier alpha value is -1.71. The van der Waals surface area contributed by atoms with Gasteiger partial charge in [-0.15, -0.1) is 0 Å². The van der Waals surface area contributed by atoms with Gasteiger partial charge in [0.25, 0.3) is 0 Å². The zero-order valence-electron chi connectivity index (χ0n) is 8.97. The van der Waals surface area contributed by atoms with Gasteiger partial charge in [0.1, 0.15) is 17.7 Å². The first kappa shape index (κ1) is 11.4. The average Bonchev–Trinajstić information content (AvgIpc) is 2.17. The first-order valence-corrected chi connectivity index (χ1v) is 4.81. The lowest BCUT2D eigenvalue weighted by atomic mass is 10.2. The lowest BCUT2D eigenvalue weighted by Gasteiger charge is -2.14. The van der Waals surface area contributed by atoms with Crippen LogP contribution in [0.4, 0.5) is 0 Å². The van der Waals surface area contributed by atoms with Crippen LogP contribution in [0.1, 0.15) is 18.9 Å². The number of rotatable bonds is 4. The van der Waals surface area contributed by atoms with Crippen molar-refractivity contribution in [3.63, 3.8) is 0 Å². The van der Waals surface area contributed by atoms with Crippen LogP contribution >= 0.6 is 0 Å². The van der Waals surface area contributed by atoms with Gasteiger partial charge >= 0.3 is 0 Å². The average molecular weight is 208 g/mol. The molecule has 4 heteroatoms. The number of aryl methyl sites for hydroxylation is 1. The van der Waals surface area contributed by atoms with Crippen molar-refractivity contribution in [2.75, 3.05) is 0 Å². The molecule has 0 fully saturated rings. The summed E-state index contributed by atoms with van der Waals surface area (Å²) in [5.41, 5.74) is 6.52. The third-order valence-electron chi connectivity index (χ3n) is 1.95. The first-order valence-electron chi connectivity index (χ1n) is 4.81. The largest absolute Gasteiger partial charge is 0.490 e. The Labute approximate surface area is 89.4 Å². The molecule has 0 bridgehead atoms. The number of benzene rings is 1. The summed E-state index contributed by atoms with van der Waals surface area (Å²) in [6.07, 6.45) is 0.299. The monoisotopic (exact) mass is 208 g/mol. The highest BCUT2D eigenvalue weighted by atomic mass is 16.5. The van der Waals surface area contributed by atoms with Gasteiger partial charge in [0, 0.05) is 6.42 Å². The molecule has 0 spiro atoms. The molecule has 0 radical (unpaired) electrons. The molecule has 1 unspecified atom stereocenters. The molecule has 1 aromatic rings. The highest BCUT2D eigenvalue weighted by Gasteiger charge is 2.06. The first-order chi connectivity index (χ1) is 7.11. The van der Waals surface area contributed by atoms with Crippen molar-refractivity contribution in [3.8, 4) is 5.75 Å². The molecule has 0 heterocycles. The lowest BCUT2D eigenvalue weighted by molar-refractivity contribution is 0.226. The van der Waals surface area contributed by atoms with Gasteiger partial charge in [0.05, 0.1) is 0 Å². The lowest BCUT2D eigenvalue weighted by Crippen LogP contribution is -2.22. The maximum absolute atomic E-state index is 8.40. The molecule has 1 rings (SSSR count). The molecule has 1 atom stereocenters. The van der Waals surface area contributed by atoms with Gasteiger partial charge in [-0.3, -0.25) is 0 Å². The van der Waals surface area contributed by atoms with Crippen molar-refractivity contribution < 1.29 is 9.94 Å². The molecule has 0 aliphatic heterocycles. The third kappa shape index (κ3) is 3.89. The fraction of sp³-hybridized carbons (Fsp3) is 0.364. The smallest absolute Gasteiger partial charge is 0.142 e. The predicted octanol–water partition coefficient (Wildman–Crippen LogP) is 1.90. The zero-order valence-corrected chi connectivity index (χ0v) is 8.97. The molecule has 0 saturated carbocycles. The van der Waals surface area contributed by atoms with E-state index in [1.165, 1.54) is 0 Å². The Morgan fingerprint density at radius 1 is 1.60 bits per heavy atom. The molecular weight excluding hydrogens is 192 g/mol. The van der Waals surface area contributed by atoms with Crippen molar-refractivity contribution in [1.82, 2.24) is 0 Å². The van der Waals surface area contributed by atoms with Crippen LogP contribution in [0.25, 0.3) is 0 Å². The zero-order chi connectivity index (χ0) is 11.3. The van der Waals surface area contributed by atoms with Crippen LogP contribution in [0.5, 0.6) is 5.75 Å². The maximum atomic E-state index is 8.40. The van der Waals surface area contributed by atoms with Crippen molar-refractivity contribution >= 4 is 5.84 Å².